The SMILES string of the molecule is COCC(O)CN(C)Cc1ccc(C=O)o1. The molecule has 1 atom stereocenters. The number of nitrogens with zero attached hydrogens (tertiary/aromatic N) is 1. The zero-order valence-electron chi connectivity index (χ0n) is 9.55. The molecule has 5 heteroatoms. The van der Waals surface area contributed by atoms with Gasteiger partial charge in [-0.25, -0.2) is 0 Å². The van der Waals surface area contributed by atoms with Crippen LogP contribution in [0.25, 0.3) is 0 Å². The molecule has 5 nitrogen and oxygen atoms in total. The lowest BCUT2D eigenvalue weighted by Crippen LogP contribution is -2.31. The van der Waals surface area contributed by atoms with Crippen LogP contribution in [0, 0.1) is 0 Å². The maximum absolute atomic E-state index is 10.4. The first-order chi connectivity index (χ1) is 7.65. The average Bonchev–Trinajstić information content (AvgIpc) is 2.65. The number of aliphatic hydroxyl groups is 1. The number of rotatable bonds is 7. The maximum Gasteiger partial charge on any atom is 0.185 e. The van der Waals surface area contributed by atoms with Gasteiger partial charge in [0.15, 0.2) is 12.0 Å². The van der Waals surface area contributed by atoms with Crippen LogP contribution in [0.2, 0.25) is 0 Å². The molecule has 0 spiro atoms. The highest BCUT2D eigenvalue weighted by atomic mass is 16.5. The Balaban J connectivity index is 2.38. The molecule has 1 aromatic rings. The average molecular weight is 227 g/mol. The number of carbonyl (C=O) groups excluding carboxylic acids is 1. The second-order valence-electron chi connectivity index (χ2n) is 3.73. The van der Waals surface area contributed by atoms with Gasteiger partial charge in [0, 0.05) is 13.7 Å². The lowest BCUT2D eigenvalue weighted by molar-refractivity contribution is 0.0406. The monoisotopic (exact) mass is 227 g/mol. The number of likely N-dealkylation sites (N-methyl/N-ethyl adjacent to an activating group) is 1. The summed E-state index contributed by atoms with van der Waals surface area (Å²) < 4.78 is 10.1. The number of carbonyl (C=O) groups is 1. The Morgan fingerprint density at radius 2 is 2.38 bits per heavy atom. The second kappa shape index (κ2) is 6.42. The Hall–Kier alpha value is -1.17. The summed E-state index contributed by atoms with van der Waals surface area (Å²) in [5.41, 5.74) is 0. The Morgan fingerprint density at radius 1 is 1.62 bits per heavy atom. The van der Waals surface area contributed by atoms with Gasteiger partial charge in [0.25, 0.3) is 0 Å². The molecule has 0 radical (unpaired) electrons. The van der Waals surface area contributed by atoms with Gasteiger partial charge in [-0.2, -0.15) is 0 Å². The van der Waals surface area contributed by atoms with Crippen LogP contribution in [-0.2, 0) is 11.3 Å². The molecular formula is C11H17NO4. The fourth-order valence-electron chi connectivity index (χ4n) is 1.48. The summed E-state index contributed by atoms with van der Waals surface area (Å²) in [4.78, 5) is 12.3. The summed E-state index contributed by atoms with van der Waals surface area (Å²) >= 11 is 0. The lowest BCUT2D eigenvalue weighted by Gasteiger charge is -2.18. The minimum absolute atomic E-state index is 0.308. The molecule has 0 aliphatic carbocycles. The van der Waals surface area contributed by atoms with Crippen molar-refractivity contribution in [2.75, 3.05) is 27.3 Å². The lowest BCUT2D eigenvalue weighted by atomic mass is 10.3. The molecule has 0 saturated heterocycles. The van der Waals surface area contributed by atoms with Gasteiger partial charge in [0.05, 0.1) is 19.3 Å². The highest BCUT2D eigenvalue weighted by Gasteiger charge is 2.10. The molecule has 90 valence electrons. The molecule has 1 heterocycles. The van der Waals surface area contributed by atoms with Crippen LogP contribution in [0.15, 0.2) is 16.5 Å². The molecule has 0 amide bonds. The van der Waals surface area contributed by atoms with Gasteiger partial charge in [-0.1, -0.05) is 0 Å². The van der Waals surface area contributed by atoms with E-state index in [1.165, 1.54) is 0 Å². The Kier molecular flexibility index (Phi) is 5.18. The highest BCUT2D eigenvalue weighted by Crippen LogP contribution is 2.08. The summed E-state index contributed by atoms with van der Waals surface area (Å²) in [6, 6.07) is 3.38. The summed E-state index contributed by atoms with van der Waals surface area (Å²) in [6.07, 6.45) is 0.152. The molecule has 0 aliphatic heterocycles. The topological polar surface area (TPSA) is 62.9 Å². The largest absolute Gasteiger partial charge is 0.457 e. The van der Waals surface area contributed by atoms with E-state index in [9.17, 15) is 9.90 Å². The summed E-state index contributed by atoms with van der Waals surface area (Å²) in [6.45, 7) is 1.35. The van der Waals surface area contributed by atoms with Crippen molar-refractivity contribution >= 4 is 6.29 Å². The van der Waals surface area contributed by atoms with Crippen LogP contribution in [-0.4, -0.2) is 49.7 Å². The van der Waals surface area contributed by atoms with Gasteiger partial charge in [-0.05, 0) is 19.2 Å². The van der Waals surface area contributed by atoms with E-state index in [0.717, 1.165) is 0 Å². The number of hydrogen-bond donors (Lipinski definition) is 1. The molecule has 0 bridgehead atoms. The van der Waals surface area contributed by atoms with Crippen molar-refractivity contribution in [2.45, 2.75) is 12.6 Å². The minimum Gasteiger partial charge on any atom is -0.457 e. The predicted octanol–water partition coefficient (Wildman–Crippen LogP) is 0.531. The highest BCUT2D eigenvalue weighted by molar-refractivity contribution is 5.70. The van der Waals surface area contributed by atoms with Crippen molar-refractivity contribution in [3.8, 4) is 0 Å². The second-order valence-corrected chi connectivity index (χ2v) is 3.73. The first-order valence-corrected chi connectivity index (χ1v) is 5.05. The van der Waals surface area contributed by atoms with E-state index in [1.54, 1.807) is 19.2 Å². The van der Waals surface area contributed by atoms with Gasteiger partial charge >= 0.3 is 0 Å². The Labute approximate surface area is 94.6 Å². The first kappa shape index (κ1) is 12.9. The summed E-state index contributed by atoms with van der Waals surface area (Å²) in [5, 5.41) is 9.50. The van der Waals surface area contributed by atoms with Crippen molar-refractivity contribution in [2.24, 2.45) is 0 Å². The van der Waals surface area contributed by atoms with Crippen LogP contribution >= 0.6 is 0 Å². The van der Waals surface area contributed by atoms with Crippen LogP contribution in [0.5, 0.6) is 0 Å². The van der Waals surface area contributed by atoms with E-state index < -0.39 is 6.10 Å². The molecule has 1 rings (SSSR count). The van der Waals surface area contributed by atoms with Gasteiger partial charge in [0.1, 0.15) is 5.76 Å². The van der Waals surface area contributed by atoms with E-state index in [1.807, 2.05) is 11.9 Å². The Morgan fingerprint density at radius 3 is 2.94 bits per heavy atom. The molecule has 0 fully saturated rings. The first-order valence-electron chi connectivity index (χ1n) is 5.05. The van der Waals surface area contributed by atoms with Crippen molar-refractivity contribution in [3.05, 3.63) is 23.7 Å². The zero-order chi connectivity index (χ0) is 12.0. The molecular weight excluding hydrogens is 210 g/mol. The summed E-state index contributed by atoms with van der Waals surface area (Å²) in [7, 11) is 3.41. The van der Waals surface area contributed by atoms with Crippen LogP contribution in [0.1, 0.15) is 16.3 Å². The molecule has 0 saturated carbocycles. The third-order valence-electron chi connectivity index (χ3n) is 2.11. The molecule has 1 aromatic heterocycles. The number of furan rings is 1. The van der Waals surface area contributed by atoms with E-state index in [4.69, 9.17) is 9.15 Å². The van der Waals surface area contributed by atoms with Crippen LogP contribution in [0.3, 0.4) is 0 Å². The number of aldehydes is 1. The zero-order valence-corrected chi connectivity index (χ0v) is 9.55. The van der Waals surface area contributed by atoms with Crippen molar-refractivity contribution in [1.82, 2.24) is 4.90 Å². The number of aliphatic hydroxyl groups excluding tert-OH is 1. The van der Waals surface area contributed by atoms with E-state index in [0.29, 0.717) is 37.5 Å². The molecule has 1 unspecified atom stereocenters. The van der Waals surface area contributed by atoms with Crippen molar-refractivity contribution in [1.29, 1.82) is 0 Å². The molecule has 16 heavy (non-hydrogen) atoms. The maximum atomic E-state index is 10.4. The molecule has 1 N–H and O–H groups in total. The Bertz CT molecular complexity index is 324. The van der Waals surface area contributed by atoms with Crippen molar-refractivity contribution < 1.29 is 19.1 Å². The quantitative estimate of drug-likeness (QED) is 0.688. The number of hydrogen-bond acceptors (Lipinski definition) is 5. The number of methoxy groups -OCH3 is 1. The third-order valence-corrected chi connectivity index (χ3v) is 2.11. The van der Waals surface area contributed by atoms with E-state index in [2.05, 4.69) is 0 Å². The predicted molar refractivity (Wildman–Crippen MR) is 58.3 cm³/mol. The summed E-state index contributed by atoms with van der Waals surface area (Å²) in [5.74, 6) is 1.02. The number of ether oxygens (including phenoxy) is 1. The standard InChI is InChI=1S/C11H17NO4/c1-12(5-9(14)8-15-2)6-10-3-4-11(7-13)16-10/h3-4,7,9,14H,5-6,8H2,1-2H3. The minimum atomic E-state index is -0.518. The van der Waals surface area contributed by atoms with Gasteiger partial charge in [0.2, 0.25) is 0 Å². The van der Waals surface area contributed by atoms with Crippen LogP contribution in [0.4, 0.5) is 0 Å². The molecule has 0 aromatic carbocycles. The fourth-order valence-corrected chi connectivity index (χ4v) is 1.48. The van der Waals surface area contributed by atoms with Crippen LogP contribution < -0.4 is 0 Å². The third kappa shape index (κ3) is 4.14. The van der Waals surface area contributed by atoms with Gasteiger partial charge < -0.3 is 14.3 Å². The normalized spacial score (nSPS) is 13.0. The van der Waals surface area contributed by atoms with Gasteiger partial charge in [-0.15, -0.1) is 0 Å². The fraction of sp³-hybridized carbons (Fsp3) is 0.545. The van der Waals surface area contributed by atoms with Crippen molar-refractivity contribution in [3.63, 3.8) is 0 Å². The van der Waals surface area contributed by atoms with E-state index >= 15 is 0 Å². The van der Waals surface area contributed by atoms with Gasteiger partial charge in [-0.3, -0.25) is 9.69 Å². The smallest absolute Gasteiger partial charge is 0.185 e. The molecule has 0 aliphatic rings. The van der Waals surface area contributed by atoms with E-state index in [-0.39, 0.29) is 0 Å².